The predicted molar refractivity (Wildman–Crippen MR) is 153 cm³/mol. The number of carbonyl (C=O) groups excluding carboxylic acids is 2. The van der Waals surface area contributed by atoms with Crippen LogP contribution in [0, 0.1) is 0 Å². The molecule has 3 aromatic rings. The maximum Gasteiger partial charge on any atom is 0.348 e. The lowest BCUT2D eigenvalue weighted by molar-refractivity contribution is -0.117. The Morgan fingerprint density at radius 1 is 1.23 bits per heavy atom. The van der Waals surface area contributed by atoms with Crippen molar-refractivity contribution in [3.8, 4) is 11.3 Å². The lowest BCUT2D eigenvalue weighted by Gasteiger charge is -2.35. The molecule has 2 fully saturated rings. The Balaban J connectivity index is 1.74. The third-order valence-electron chi connectivity index (χ3n) is 7.86. The van der Waals surface area contributed by atoms with Crippen molar-refractivity contribution in [2.45, 2.75) is 57.1 Å². The van der Waals surface area contributed by atoms with Gasteiger partial charge < -0.3 is 18.8 Å². The summed E-state index contributed by atoms with van der Waals surface area (Å²) in [7, 11) is -2.10. The Hall–Kier alpha value is -2.24. The number of carbonyl (C=O) groups is 2. The van der Waals surface area contributed by atoms with Crippen LogP contribution in [-0.4, -0.2) is 68.2 Å². The number of morpholine rings is 1. The Bertz CT molecular complexity index is 1460. The third-order valence-corrected chi connectivity index (χ3v) is 11.1. The summed E-state index contributed by atoms with van der Waals surface area (Å²) in [6.07, 6.45) is 5.58. The first-order valence-electron chi connectivity index (χ1n) is 13.4. The minimum Gasteiger partial charge on any atom is -0.465 e. The molecule has 1 aromatic carbocycles. The van der Waals surface area contributed by atoms with Gasteiger partial charge in [0.15, 0.2) is 0 Å². The molecule has 39 heavy (non-hydrogen) atoms. The molecule has 1 saturated carbocycles. The van der Waals surface area contributed by atoms with Gasteiger partial charge in [0.25, 0.3) is 0 Å². The van der Waals surface area contributed by atoms with Crippen LogP contribution in [-0.2, 0) is 24.3 Å². The number of nitrogens with zero attached hydrogens (tertiary/aromatic N) is 2. The molecule has 210 valence electrons. The van der Waals surface area contributed by atoms with Gasteiger partial charge in [0.2, 0.25) is 10.0 Å². The van der Waals surface area contributed by atoms with E-state index in [9.17, 15) is 18.0 Å². The van der Waals surface area contributed by atoms with Gasteiger partial charge in [0.1, 0.15) is 17.2 Å². The lowest BCUT2D eigenvalue weighted by Crippen LogP contribution is -2.49. The second-order valence-corrected chi connectivity index (χ2v) is 13.8. The van der Waals surface area contributed by atoms with Crippen molar-refractivity contribution in [3.63, 3.8) is 0 Å². The van der Waals surface area contributed by atoms with Crippen LogP contribution in [0.25, 0.3) is 21.5 Å². The highest BCUT2D eigenvalue weighted by Crippen LogP contribution is 2.48. The number of aromatic nitrogens is 1. The average Bonchev–Trinajstić information content (AvgIpc) is 3.52. The monoisotopic (exact) mass is 592 g/mol. The molecule has 2 aromatic heterocycles. The summed E-state index contributed by atoms with van der Waals surface area (Å²) < 4.78 is 40.9. The highest BCUT2D eigenvalue weighted by molar-refractivity contribution is 7.89. The molecule has 0 N–H and O–H groups in total. The molecule has 1 saturated heterocycles. The zero-order valence-corrected chi connectivity index (χ0v) is 24.5. The predicted octanol–water partition coefficient (Wildman–Crippen LogP) is 5.65. The Kier molecular flexibility index (Phi) is 8.49. The summed E-state index contributed by atoms with van der Waals surface area (Å²) in [6.45, 7) is 2.14. The first-order valence-corrected chi connectivity index (χ1v) is 16.2. The van der Waals surface area contributed by atoms with Gasteiger partial charge in [-0.3, -0.25) is 0 Å². The number of esters is 1. The van der Waals surface area contributed by atoms with Crippen LogP contribution in [0.4, 0.5) is 0 Å². The molecule has 0 radical (unpaired) electrons. The van der Waals surface area contributed by atoms with Crippen molar-refractivity contribution in [3.05, 3.63) is 45.8 Å². The summed E-state index contributed by atoms with van der Waals surface area (Å²) in [5, 5.41) is 0.605. The molecule has 0 spiro atoms. The molecule has 11 heteroatoms. The van der Waals surface area contributed by atoms with Crippen LogP contribution in [0.3, 0.4) is 0 Å². The van der Waals surface area contributed by atoms with Gasteiger partial charge in [0.05, 0.1) is 41.5 Å². The summed E-state index contributed by atoms with van der Waals surface area (Å²) in [6, 6.07) is 8.53. The van der Waals surface area contributed by atoms with Crippen molar-refractivity contribution < 1.29 is 27.5 Å². The highest BCUT2D eigenvalue weighted by Gasteiger charge is 2.38. The largest absolute Gasteiger partial charge is 0.465 e. The zero-order chi connectivity index (χ0) is 27.7. The van der Waals surface area contributed by atoms with Gasteiger partial charge in [-0.25, -0.2) is 13.2 Å². The van der Waals surface area contributed by atoms with E-state index < -0.39 is 28.1 Å². The van der Waals surface area contributed by atoms with E-state index in [0.717, 1.165) is 59.0 Å². The molecule has 2 unspecified atom stereocenters. The maximum atomic E-state index is 12.9. The number of thiophene rings is 1. The van der Waals surface area contributed by atoms with E-state index in [1.165, 1.54) is 29.2 Å². The first kappa shape index (κ1) is 28.3. The molecular weight excluding hydrogens is 560 g/mol. The van der Waals surface area contributed by atoms with E-state index in [0.29, 0.717) is 9.90 Å². The van der Waals surface area contributed by atoms with Gasteiger partial charge in [-0.05, 0) is 55.0 Å². The summed E-state index contributed by atoms with van der Waals surface area (Å²) in [5.41, 5.74) is 3.67. The van der Waals surface area contributed by atoms with Gasteiger partial charge in [0, 0.05) is 18.1 Å². The van der Waals surface area contributed by atoms with E-state index in [1.54, 1.807) is 13.0 Å². The fraction of sp³-hybridized carbons (Fsp3) is 0.500. The molecule has 1 aliphatic heterocycles. The minimum absolute atomic E-state index is 0.0197. The Labute approximate surface area is 237 Å². The number of hydrogen-bond acceptors (Lipinski definition) is 7. The summed E-state index contributed by atoms with van der Waals surface area (Å²) in [5.74, 6) is -0.190. The number of fused-ring (bicyclic) bond motifs is 1. The molecule has 1 aliphatic carbocycles. The van der Waals surface area contributed by atoms with Gasteiger partial charge in [-0.2, -0.15) is 4.31 Å². The van der Waals surface area contributed by atoms with Gasteiger partial charge >= 0.3 is 5.97 Å². The number of methoxy groups -OCH3 is 1. The first-order chi connectivity index (χ1) is 18.8. The standard InChI is InChI=1S/C28H33ClN2O6S2/c1-3-39(34,35)30-13-14-37-23(16-30)22(17-32)31-21-15-24(28(33)36-2)38-27(21)25(18-7-5-4-6-8-18)26(31)19-9-11-20(29)12-10-19/h9-12,15,17-18,22-23H,3-8,13-14,16H2,1-2H3. The number of ether oxygens (including phenoxy) is 2. The normalized spacial score (nSPS) is 20.2. The Morgan fingerprint density at radius 2 is 1.95 bits per heavy atom. The van der Waals surface area contributed by atoms with E-state index in [1.807, 2.05) is 28.8 Å². The molecule has 2 aliphatic rings. The second-order valence-electron chi connectivity index (χ2n) is 10.1. The maximum absolute atomic E-state index is 12.9. The van der Waals surface area contributed by atoms with Gasteiger partial charge in [-0.1, -0.05) is 43.0 Å². The van der Waals surface area contributed by atoms with E-state index in [4.69, 9.17) is 21.1 Å². The van der Waals surface area contributed by atoms with E-state index >= 15 is 0 Å². The van der Waals surface area contributed by atoms with Crippen LogP contribution in [0.1, 0.15) is 66.2 Å². The Morgan fingerprint density at radius 3 is 2.59 bits per heavy atom. The van der Waals surface area contributed by atoms with E-state index in [2.05, 4.69) is 0 Å². The number of halogens is 1. The number of hydrogen-bond donors (Lipinski definition) is 0. The van der Waals surface area contributed by atoms with Crippen molar-refractivity contribution in [2.24, 2.45) is 0 Å². The lowest BCUT2D eigenvalue weighted by atomic mass is 9.83. The van der Waals surface area contributed by atoms with Crippen LogP contribution in [0.5, 0.6) is 0 Å². The van der Waals surface area contributed by atoms with Crippen LogP contribution < -0.4 is 0 Å². The smallest absolute Gasteiger partial charge is 0.348 e. The molecule has 8 nitrogen and oxygen atoms in total. The topological polar surface area (TPSA) is 94.9 Å². The quantitative estimate of drug-likeness (QED) is 0.248. The SMILES string of the molecule is CCS(=O)(=O)N1CCOC(C(C=O)n2c(-c3ccc(Cl)cc3)c(C3CCCCC3)c3sc(C(=O)OC)cc32)C1. The molecule has 2 atom stereocenters. The van der Waals surface area contributed by atoms with Crippen LogP contribution in [0.15, 0.2) is 30.3 Å². The van der Waals surface area contributed by atoms with Crippen molar-refractivity contribution in [1.82, 2.24) is 8.87 Å². The molecular formula is C28H33ClN2O6S2. The van der Waals surface area contributed by atoms with E-state index in [-0.39, 0.29) is 31.4 Å². The fourth-order valence-electron chi connectivity index (χ4n) is 5.90. The minimum atomic E-state index is -3.46. The fourth-order valence-corrected chi connectivity index (χ4v) is 8.31. The molecule has 3 heterocycles. The van der Waals surface area contributed by atoms with Crippen molar-refractivity contribution in [1.29, 1.82) is 0 Å². The number of aldehydes is 1. The van der Waals surface area contributed by atoms with Crippen LogP contribution >= 0.6 is 22.9 Å². The highest BCUT2D eigenvalue weighted by atomic mass is 35.5. The van der Waals surface area contributed by atoms with Crippen molar-refractivity contribution >= 4 is 55.4 Å². The number of rotatable bonds is 8. The zero-order valence-electron chi connectivity index (χ0n) is 22.1. The summed E-state index contributed by atoms with van der Waals surface area (Å²) >= 11 is 7.63. The molecule has 0 bridgehead atoms. The number of benzene rings is 1. The number of sulfonamides is 1. The molecule has 0 amide bonds. The average molecular weight is 593 g/mol. The second kappa shape index (κ2) is 11.7. The van der Waals surface area contributed by atoms with Crippen LogP contribution in [0.2, 0.25) is 5.02 Å². The molecule has 5 rings (SSSR count). The van der Waals surface area contributed by atoms with Gasteiger partial charge in [-0.15, -0.1) is 11.3 Å². The summed E-state index contributed by atoms with van der Waals surface area (Å²) in [4.78, 5) is 26.0. The third kappa shape index (κ3) is 5.41. The van der Waals surface area contributed by atoms with Crippen molar-refractivity contribution in [2.75, 3.05) is 32.6 Å².